The van der Waals surface area contributed by atoms with E-state index in [0.29, 0.717) is 18.4 Å². The van der Waals surface area contributed by atoms with Gasteiger partial charge in [-0.05, 0) is 31.9 Å². The number of hydrogen-bond acceptors (Lipinski definition) is 4. The van der Waals surface area contributed by atoms with Crippen LogP contribution in [-0.4, -0.2) is 30.7 Å². The van der Waals surface area contributed by atoms with Crippen molar-refractivity contribution in [1.82, 2.24) is 10.3 Å². The van der Waals surface area contributed by atoms with Crippen molar-refractivity contribution in [3.63, 3.8) is 0 Å². The summed E-state index contributed by atoms with van der Waals surface area (Å²) in [5.74, 6) is 7.65. The molecule has 0 aromatic carbocycles. The number of nitrogens with one attached hydrogen (secondary N) is 1. The van der Waals surface area contributed by atoms with Crippen molar-refractivity contribution in [2.45, 2.75) is 25.3 Å². The van der Waals surface area contributed by atoms with Crippen LogP contribution in [0.5, 0.6) is 5.88 Å². The lowest BCUT2D eigenvalue weighted by Gasteiger charge is -2.12. The molecule has 1 heterocycles. The monoisotopic (exact) mass is 259 g/mol. The molecule has 102 valence electrons. The molecule has 4 nitrogen and oxygen atoms in total. The van der Waals surface area contributed by atoms with Crippen molar-refractivity contribution >= 4 is 0 Å². The fourth-order valence-corrected chi connectivity index (χ4v) is 1.57. The molecule has 3 N–H and O–H groups in total. The van der Waals surface area contributed by atoms with Crippen LogP contribution in [0.25, 0.3) is 0 Å². The zero-order valence-electron chi connectivity index (χ0n) is 11.1. The third-order valence-corrected chi connectivity index (χ3v) is 2.87. The topological polar surface area (TPSA) is 60.2 Å². The van der Waals surface area contributed by atoms with E-state index >= 15 is 0 Å². The minimum atomic E-state index is 0.0193. The second kappa shape index (κ2) is 7.78. The standard InChI is InChI=1S/C15H21N3O/c16-14(12-19-15-5-1-2-10-18-15)8-11-17-9-3-4-13-6-7-13/h1-2,5,10,13-14,17H,6-9,11-12,16H2. The normalized spacial score (nSPS) is 15.4. The van der Waals surface area contributed by atoms with Gasteiger partial charge >= 0.3 is 0 Å². The van der Waals surface area contributed by atoms with Crippen LogP contribution < -0.4 is 15.8 Å². The van der Waals surface area contributed by atoms with Gasteiger partial charge in [-0.1, -0.05) is 17.9 Å². The summed E-state index contributed by atoms with van der Waals surface area (Å²) in [6, 6.07) is 5.61. The van der Waals surface area contributed by atoms with Gasteiger partial charge in [0.05, 0.1) is 6.54 Å². The number of nitrogens with zero attached hydrogens (tertiary/aromatic N) is 1. The highest BCUT2D eigenvalue weighted by molar-refractivity contribution is 5.10. The second-order valence-electron chi connectivity index (χ2n) is 4.80. The highest BCUT2D eigenvalue weighted by Crippen LogP contribution is 2.27. The van der Waals surface area contributed by atoms with E-state index in [9.17, 15) is 0 Å². The first-order valence-corrected chi connectivity index (χ1v) is 6.83. The number of hydrogen-bond donors (Lipinski definition) is 2. The highest BCUT2D eigenvalue weighted by Gasteiger charge is 2.17. The highest BCUT2D eigenvalue weighted by atomic mass is 16.5. The van der Waals surface area contributed by atoms with Crippen molar-refractivity contribution in [2.75, 3.05) is 19.7 Å². The molecule has 1 fully saturated rings. The summed E-state index contributed by atoms with van der Waals surface area (Å²) in [5, 5.41) is 3.27. The minimum absolute atomic E-state index is 0.0193. The van der Waals surface area contributed by atoms with Crippen LogP contribution in [0.15, 0.2) is 24.4 Å². The Morgan fingerprint density at radius 2 is 2.37 bits per heavy atom. The molecule has 0 radical (unpaired) electrons. The van der Waals surface area contributed by atoms with E-state index in [0.717, 1.165) is 19.5 Å². The fraction of sp³-hybridized carbons (Fsp3) is 0.533. The lowest BCUT2D eigenvalue weighted by atomic mass is 10.2. The minimum Gasteiger partial charge on any atom is -0.476 e. The van der Waals surface area contributed by atoms with E-state index in [4.69, 9.17) is 10.5 Å². The number of aromatic nitrogens is 1. The maximum Gasteiger partial charge on any atom is 0.213 e. The summed E-state index contributed by atoms with van der Waals surface area (Å²) in [4.78, 5) is 4.08. The average molecular weight is 259 g/mol. The third kappa shape index (κ3) is 6.23. The number of rotatable bonds is 7. The Morgan fingerprint density at radius 1 is 1.47 bits per heavy atom. The Labute approximate surface area is 114 Å². The molecule has 0 saturated heterocycles. The summed E-state index contributed by atoms with van der Waals surface area (Å²) < 4.78 is 5.49. The van der Waals surface area contributed by atoms with Gasteiger partial charge in [-0.15, -0.1) is 0 Å². The average Bonchev–Trinajstić information content (AvgIpc) is 3.26. The van der Waals surface area contributed by atoms with Crippen molar-refractivity contribution in [1.29, 1.82) is 0 Å². The van der Waals surface area contributed by atoms with Gasteiger partial charge in [0, 0.05) is 24.2 Å². The fourth-order valence-electron chi connectivity index (χ4n) is 1.57. The predicted molar refractivity (Wildman–Crippen MR) is 75.7 cm³/mol. The van der Waals surface area contributed by atoms with Gasteiger partial charge in [-0.3, -0.25) is 0 Å². The largest absolute Gasteiger partial charge is 0.476 e. The molecule has 1 aromatic heterocycles. The van der Waals surface area contributed by atoms with Gasteiger partial charge in [-0.25, -0.2) is 4.98 Å². The first kappa shape index (κ1) is 13.9. The van der Waals surface area contributed by atoms with Crippen LogP contribution in [0.4, 0.5) is 0 Å². The zero-order valence-corrected chi connectivity index (χ0v) is 11.1. The molecule has 4 heteroatoms. The summed E-state index contributed by atoms with van der Waals surface area (Å²) in [5.41, 5.74) is 5.97. The molecule has 1 unspecified atom stereocenters. The lowest BCUT2D eigenvalue weighted by Crippen LogP contribution is -2.32. The molecule has 0 aliphatic heterocycles. The maximum absolute atomic E-state index is 5.97. The van der Waals surface area contributed by atoms with Gasteiger partial charge in [0.25, 0.3) is 0 Å². The van der Waals surface area contributed by atoms with Gasteiger partial charge in [0.1, 0.15) is 6.61 Å². The molecule has 0 amide bonds. The summed E-state index contributed by atoms with van der Waals surface area (Å²) >= 11 is 0. The second-order valence-corrected chi connectivity index (χ2v) is 4.80. The van der Waals surface area contributed by atoms with Crippen LogP contribution in [-0.2, 0) is 0 Å². The molecule has 19 heavy (non-hydrogen) atoms. The molecule has 1 aromatic rings. The van der Waals surface area contributed by atoms with Gasteiger partial charge in [0.15, 0.2) is 0 Å². The molecule has 2 rings (SSSR count). The number of pyridine rings is 1. The van der Waals surface area contributed by atoms with E-state index in [1.54, 1.807) is 6.20 Å². The smallest absolute Gasteiger partial charge is 0.213 e. The molecule has 0 bridgehead atoms. The summed E-state index contributed by atoms with van der Waals surface area (Å²) in [6.45, 7) is 2.11. The SMILES string of the molecule is NC(CCNCC#CC1CC1)COc1ccccn1. The molecular formula is C15H21N3O. The first-order valence-electron chi connectivity index (χ1n) is 6.83. The van der Waals surface area contributed by atoms with Crippen molar-refractivity contribution < 1.29 is 4.74 Å². The Balaban J connectivity index is 1.50. The van der Waals surface area contributed by atoms with Crippen LogP contribution in [0, 0.1) is 17.8 Å². The van der Waals surface area contributed by atoms with Gasteiger partial charge in [0.2, 0.25) is 5.88 Å². The van der Waals surface area contributed by atoms with Crippen molar-refractivity contribution in [2.24, 2.45) is 11.7 Å². The molecular weight excluding hydrogens is 238 g/mol. The van der Waals surface area contributed by atoms with E-state index in [1.807, 2.05) is 18.2 Å². The van der Waals surface area contributed by atoms with Crippen LogP contribution >= 0.6 is 0 Å². The molecule has 1 aliphatic rings. The Kier molecular flexibility index (Phi) is 5.67. The Morgan fingerprint density at radius 3 is 3.11 bits per heavy atom. The molecule has 1 aliphatic carbocycles. The maximum atomic E-state index is 5.97. The van der Waals surface area contributed by atoms with Crippen LogP contribution in [0.1, 0.15) is 19.3 Å². The Bertz CT molecular complexity index is 420. The predicted octanol–water partition coefficient (Wildman–Crippen LogP) is 1.18. The third-order valence-electron chi connectivity index (χ3n) is 2.87. The van der Waals surface area contributed by atoms with Crippen LogP contribution in [0.3, 0.4) is 0 Å². The summed E-state index contributed by atoms with van der Waals surface area (Å²) in [6.07, 6.45) is 5.14. The Hall–Kier alpha value is -1.57. The first-order chi connectivity index (χ1) is 9.34. The van der Waals surface area contributed by atoms with E-state index in [1.165, 1.54) is 12.8 Å². The van der Waals surface area contributed by atoms with Crippen molar-refractivity contribution in [3.05, 3.63) is 24.4 Å². The molecule has 0 spiro atoms. The van der Waals surface area contributed by atoms with E-state index in [2.05, 4.69) is 22.1 Å². The van der Waals surface area contributed by atoms with Crippen molar-refractivity contribution in [3.8, 4) is 17.7 Å². The lowest BCUT2D eigenvalue weighted by molar-refractivity contribution is 0.271. The van der Waals surface area contributed by atoms with E-state index < -0.39 is 0 Å². The van der Waals surface area contributed by atoms with E-state index in [-0.39, 0.29) is 6.04 Å². The van der Waals surface area contributed by atoms with Crippen LogP contribution in [0.2, 0.25) is 0 Å². The number of ether oxygens (including phenoxy) is 1. The summed E-state index contributed by atoms with van der Waals surface area (Å²) in [7, 11) is 0. The quantitative estimate of drug-likeness (QED) is 0.570. The number of nitrogens with two attached hydrogens (primary N) is 1. The van der Waals surface area contributed by atoms with Gasteiger partial charge < -0.3 is 15.8 Å². The molecule has 1 saturated carbocycles. The molecule has 1 atom stereocenters. The van der Waals surface area contributed by atoms with Gasteiger partial charge in [-0.2, -0.15) is 0 Å². The zero-order chi connectivity index (χ0) is 13.3.